The molecule has 6 heteroatoms. The highest BCUT2D eigenvalue weighted by Gasteiger charge is 2.20. The molecule has 0 bridgehead atoms. The molecule has 30 heavy (non-hydrogen) atoms. The molecule has 156 valence electrons. The van der Waals surface area contributed by atoms with E-state index in [2.05, 4.69) is 62.1 Å². The molecule has 2 aromatic carbocycles. The van der Waals surface area contributed by atoms with Crippen LogP contribution < -0.4 is 4.90 Å². The van der Waals surface area contributed by atoms with Crippen molar-refractivity contribution in [2.75, 3.05) is 70.5 Å². The summed E-state index contributed by atoms with van der Waals surface area (Å²) in [6.07, 6.45) is 1.89. The van der Waals surface area contributed by atoms with Crippen molar-refractivity contribution in [2.45, 2.75) is 0 Å². The third-order valence-corrected chi connectivity index (χ3v) is 6.18. The quantitative estimate of drug-likeness (QED) is 0.653. The van der Waals surface area contributed by atoms with Crippen LogP contribution in [0.3, 0.4) is 0 Å². The maximum absolute atomic E-state index is 5.44. The molecule has 0 atom stereocenters. The van der Waals surface area contributed by atoms with E-state index >= 15 is 0 Å². The maximum Gasteiger partial charge on any atom is 0.225 e. The van der Waals surface area contributed by atoms with Gasteiger partial charge in [0, 0.05) is 64.1 Å². The molecule has 6 nitrogen and oxygen atoms in total. The topological polar surface area (TPSA) is 44.7 Å². The molecule has 2 aliphatic rings. The first kappa shape index (κ1) is 19.4. The van der Waals surface area contributed by atoms with Crippen LogP contribution in [0.5, 0.6) is 0 Å². The van der Waals surface area contributed by atoms with Crippen LogP contribution in [0.1, 0.15) is 0 Å². The summed E-state index contributed by atoms with van der Waals surface area (Å²) < 4.78 is 5.44. The normalized spacial score (nSPS) is 18.7. The van der Waals surface area contributed by atoms with E-state index < -0.39 is 0 Å². The Hall–Kier alpha value is -2.54. The number of ether oxygens (including phenoxy) is 1. The van der Waals surface area contributed by atoms with Gasteiger partial charge in [-0.05, 0) is 22.9 Å². The van der Waals surface area contributed by atoms with Gasteiger partial charge in [0.25, 0.3) is 0 Å². The second kappa shape index (κ2) is 9.08. The van der Waals surface area contributed by atoms with Crippen molar-refractivity contribution < 1.29 is 4.74 Å². The minimum Gasteiger partial charge on any atom is -0.379 e. The van der Waals surface area contributed by atoms with E-state index in [1.54, 1.807) is 0 Å². The average molecular weight is 404 g/mol. The Balaban J connectivity index is 1.21. The van der Waals surface area contributed by atoms with E-state index in [1.165, 1.54) is 10.8 Å². The first-order chi connectivity index (χ1) is 14.8. The fourth-order valence-electron chi connectivity index (χ4n) is 4.29. The zero-order valence-corrected chi connectivity index (χ0v) is 17.4. The number of benzene rings is 2. The first-order valence-electron chi connectivity index (χ1n) is 10.9. The lowest BCUT2D eigenvalue weighted by atomic mass is 10.1. The summed E-state index contributed by atoms with van der Waals surface area (Å²) in [5, 5.41) is 2.49. The smallest absolute Gasteiger partial charge is 0.225 e. The summed E-state index contributed by atoms with van der Waals surface area (Å²) in [6, 6.07) is 17.0. The Bertz CT molecular complexity index is 980. The molecule has 0 spiro atoms. The Morgan fingerprint density at radius 1 is 0.767 bits per heavy atom. The molecular weight excluding hydrogens is 374 g/mol. The van der Waals surface area contributed by atoms with Crippen LogP contribution in [0, 0.1) is 0 Å². The third kappa shape index (κ3) is 4.46. The van der Waals surface area contributed by atoms with E-state index in [9.17, 15) is 0 Å². The second-order valence-corrected chi connectivity index (χ2v) is 8.09. The maximum atomic E-state index is 5.44. The molecule has 0 unspecified atom stereocenters. The molecule has 3 heterocycles. The third-order valence-electron chi connectivity index (χ3n) is 6.18. The summed E-state index contributed by atoms with van der Waals surface area (Å²) in [7, 11) is 0. The first-order valence-corrected chi connectivity index (χ1v) is 10.9. The summed E-state index contributed by atoms with van der Waals surface area (Å²) in [5.74, 6) is 0.841. The molecule has 2 aliphatic heterocycles. The van der Waals surface area contributed by atoms with Gasteiger partial charge in [-0.15, -0.1) is 0 Å². The van der Waals surface area contributed by atoms with Crippen LogP contribution >= 0.6 is 0 Å². The molecule has 2 saturated heterocycles. The Morgan fingerprint density at radius 2 is 1.50 bits per heavy atom. The van der Waals surface area contributed by atoms with Gasteiger partial charge in [-0.1, -0.05) is 36.4 Å². The lowest BCUT2D eigenvalue weighted by Gasteiger charge is -2.36. The van der Waals surface area contributed by atoms with Crippen molar-refractivity contribution >= 4 is 16.7 Å². The predicted molar refractivity (Wildman–Crippen MR) is 121 cm³/mol. The van der Waals surface area contributed by atoms with E-state index in [4.69, 9.17) is 9.72 Å². The number of fused-ring (bicyclic) bond motifs is 1. The average Bonchev–Trinajstić information content (AvgIpc) is 2.83. The molecule has 0 saturated carbocycles. The van der Waals surface area contributed by atoms with Gasteiger partial charge >= 0.3 is 0 Å². The zero-order chi connectivity index (χ0) is 20.2. The lowest BCUT2D eigenvalue weighted by molar-refractivity contribution is 0.0331. The van der Waals surface area contributed by atoms with Crippen LogP contribution in [0.2, 0.25) is 0 Å². The SMILES string of the molecule is c1ccc2cc(-c3ccnc(N4CCN(CCN5CCOCC5)CC4)n3)ccc2c1. The van der Waals surface area contributed by atoms with Gasteiger partial charge in [-0.2, -0.15) is 0 Å². The zero-order valence-electron chi connectivity index (χ0n) is 17.4. The van der Waals surface area contributed by atoms with Crippen LogP contribution in [-0.4, -0.2) is 85.3 Å². The van der Waals surface area contributed by atoms with Crippen LogP contribution in [0.4, 0.5) is 5.95 Å². The molecule has 5 rings (SSSR count). The number of aromatic nitrogens is 2. The minimum atomic E-state index is 0.841. The van der Waals surface area contributed by atoms with Crippen molar-refractivity contribution in [3.8, 4) is 11.3 Å². The summed E-state index contributed by atoms with van der Waals surface area (Å²) in [5.41, 5.74) is 2.13. The standard InChI is InChI=1S/C24H29N5O/c1-2-4-21-19-22(6-5-20(21)3-1)23-7-8-25-24(26-23)29-13-11-27(12-14-29)9-10-28-15-17-30-18-16-28/h1-8,19H,9-18H2. The van der Waals surface area contributed by atoms with E-state index in [0.717, 1.165) is 82.8 Å². The monoisotopic (exact) mass is 403 g/mol. The molecule has 3 aromatic rings. The molecular formula is C24H29N5O. The van der Waals surface area contributed by atoms with Gasteiger partial charge in [0.2, 0.25) is 5.95 Å². The molecule has 0 aliphatic carbocycles. The fourth-order valence-corrected chi connectivity index (χ4v) is 4.29. The van der Waals surface area contributed by atoms with Crippen LogP contribution in [-0.2, 0) is 4.74 Å². The molecule has 0 radical (unpaired) electrons. The van der Waals surface area contributed by atoms with Gasteiger partial charge in [-0.25, -0.2) is 9.97 Å². The number of piperazine rings is 1. The number of hydrogen-bond donors (Lipinski definition) is 0. The van der Waals surface area contributed by atoms with Gasteiger partial charge < -0.3 is 9.64 Å². The largest absolute Gasteiger partial charge is 0.379 e. The number of hydrogen-bond acceptors (Lipinski definition) is 6. The van der Waals surface area contributed by atoms with E-state index in [1.807, 2.05) is 12.3 Å². The van der Waals surface area contributed by atoms with Crippen molar-refractivity contribution in [1.82, 2.24) is 19.8 Å². The van der Waals surface area contributed by atoms with Crippen LogP contribution in [0.15, 0.2) is 54.7 Å². The van der Waals surface area contributed by atoms with Gasteiger partial charge in [0.15, 0.2) is 0 Å². The van der Waals surface area contributed by atoms with Gasteiger partial charge in [0.05, 0.1) is 18.9 Å². The van der Waals surface area contributed by atoms with E-state index in [0.29, 0.717) is 0 Å². The van der Waals surface area contributed by atoms with Crippen molar-refractivity contribution in [2.24, 2.45) is 0 Å². The summed E-state index contributed by atoms with van der Waals surface area (Å²) in [6.45, 7) is 10.2. The Kier molecular flexibility index (Phi) is 5.88. The Morgan fingerprint density at radius 3 is 2.30 bits per heavy atom. The second-order valence-electron chi connectivity index (χ2n) is 8.09. The molecule has 2 fully saturated rings. The summed E-state index contributed by atoms with van der Waals surface area (Å²) in [4.78, 5) is 16.8. The number of anilines is 1. The molecule has 0 N–H and O–H groups in total. The highest BCUT2D eigenvalue weighted by molar-refractivity contribution is 5.86. The molecule has 0 amide bonds. The van der Waals surface area contributed by atoms with Crippen molar-refractivity contribution in [3.63, 3.8) is 0 Å². The fraction of sp³-hybridized carbons (Fsp3) is 0.417. The lowest BCUT2D eigenvalue weighted by Crippen LogP contribution is -2.49. The van der Waals surface area contributed by atoms with E-state index in [-0.39, 0.29) is 0 Å². The Labute approximate surface area is 178 Å². The van der Waals surface area contributed by atoms with Crippen LogP contribution in [0.25, 0.3) is 22.0 Å². The van der Waals surface area contributed by atoms with Crippen molar-refractivity contribution in [1.29, 1.82) is 0 Å². The minimum absolute atomic E-state index is 0.841. The van der Waals surface area contributed by atoms with Gasteiger partial charge in [0.1, 0.15) is 0 Å². The summed E-state index contributed by atoms with van der Waals surface area (Å²) >= 11 is 0. The highest BCUT2D eigenvalue weighted by atomic mass is 16.5. The molecule has 1 aromatic heterocycles. The highest BCUT2D eigenvalue weighted by Crippen LogP contribution is 2.24. The number of rotatable bonds is 5. The number of morpholine rings is 1. The predicted octanol–water partition coefficient (Wildman–Crippen LogP) is 2.75. The van der Waals surface area contributed by atoms with Gasteiger partial charge in [-0.3, -0.25) is 9.80 Å². The number of nitrogens with zero attached hydrogens (tertiary/aromatic N) is 5. The van der Waals surface area contributed by atoms with Crippen molar-refractivity contribution in [3.05, 3.63) is 54.7 Å².